The van der Waals surface area contributed by atoms with Crippen LogP contribution in [-0.4, -0.2) is 47.2 Å². The Morgan fingerprint density at radius 2 is 2.33 bits per heavy atom. The zero-order valence-electron chi connectivity index (χ0n) is 11.8. The van der Waals surface area contributed by atoms with Crippen LogP contribution in [0.1, 0.15) is 12.8 Å². The van der Waals surface area contributed by atoms with Crippen LogP contribution in [0.2, 0.25) is 0 Å². The molecule has 3 N–H and O–H groups in total. The number of hydrogen-bond donors (Lipinski definition) is 2. The van der Waals surface area contributed by atoms with E-state index in [0.717, 1.165) is 23.6 Å². The Bertz CT molecular complexity index is 483. The van der Waals surface area contributed by atoms with Crippen LogP contribution in [0.4, 0.5) is 4.79 Å². The third-order valence-corrected chi connectivity index (χ3v) is 4.34. The summed E-state index contributed by atoms with van der Waals surface area (Å²) in [6.07, 6.45) is 3.38. The van der Waals surface area contributed by atoms with Crippen LogP contribution < -0.4 is 11.1 Å². The summed E-state index contributed by atoms with van der Waals surface area (Å²) in [6, 6.07) is 5.31. The standard InChI is InChI=1S/C14H20N4O2S/c15-14(20)18-8-3-4-11(10-18)13(19)17-7-9-21-12-5-1-2-6-16-12/h1-2,5-6,11H,3-4,7-10H2,(H2,15,20)(H,17,19)/t11-/m0/s1. The molecule has 0 aliphatic carbocycles. The van der Waals surface area contributed by atoms with Gasteiger partial charge in [0.25, 0.3) is 0 Å². The molecule has 7 heteroatoms. The zero-order valence-corrected chi connectivity index (χ0v) is 12.6. The van der Waals surface area contributed by atoms with Crippen LogP contribution in [0.5, 0.6) is 0 Å². The molecule has 0 radical (unpaired) electrons. The minimum Gasteiger partial charge on any atom is -0.355 e. The van der Waals surface area contributed by atoms with Crippen LogP contribution in [0, 0.1) is 5.92 Å². The number of rotatable bonds is 5. The molecule has 1 aliphatic rings. The predicted molar refractivity (Wildman–Crippen MR) is 81.9 cm³/mol. The number of hydrogen-bond acceptors (Lipinski definition) is 4. The van der Waals surface area contributed by atoms with Gasteiger partial charge in [0.05, 0.1) is 10.9 Å². The fraction of sp³-hybridized carbons (Fsp3) is 0.500. The lowest BCUT2D eigenvalue weighted by Crippen LogP contribution is -2.47. The van der Waals surface area contributed by atoms with Crippen LogP contribution in [0.3, 0.4) is 0 Å². The number of urea groups is 1. The number of carbonyl (C=O) groups is 2. The lowest BCUT2D eigenvalue weighted by atomic mass is 9.97. The predicted octanol–water partition coefficient (Wildman–Crippen LogP) is 1.08. The first-order chi connectivity index (χ1) is 10.2. The molecule has 0 unspecified atom stereocenters. The Morgan fingerprint density at radius 1 is 1.48 bits per heavy atom. The molecule has 21 heavy (non-hydrogen) atoms. The first-order valence-electron chi connectivity index (χ1n) is 7.02. The number of pyridine rings is 1. The molecule has 0 bridgehead atoms. The summed E-state index contributed by atoms with van der Waals surface area (Å²) in [6.45, 7) is 1.66. The van der Waals surface area contributed by atoms with E-state index in [1.165, 1.54) is 4.90 Å². The molecule has 1 fully saturated rings. The molecule has 114 valence electrons. The van der Waals surface area contributed by atoms with Gasteiger partial charge in [-0.2, -0.15) is 0 Å². The number of thioether (sulfide) groups is 1. The van der Waals surface area contributed by atoms with E-state index in [4.69, 9.17) is 5.73 Å². The number of amides is 3. The number of primary amides is 1. The minimum absolute atomic E-state index is 0.00238. The van der Waals surface area contributed by atoms with Gasteiger partial charge in [-0.25, -0.2) is 9.78 Å². The molecule has 2 rings (SSSR count). The minimum atomic E-state index is -0.446. The highest BCUT2D eigenvalue weighted by Crippen LogP contribution is 2.17. The number of likely N-dealkylation sites (tertiary alicyclic amines) is 1. The first-order valence-corrected chi connectivity index (χ1v) is 8.01. The average Bonchev–Trinajstić information content (AvgIpc) is 2.52. The molecule has 0 spiro atoms. The maximum absolute atomic E-state index is 12.1. The van der Waals surface area contributed by atoms with Crippen LogP contribution in [0.25, 0.3) is 0 Å². The van der Waals surface area contributed by atoms with Gasteiger partial charge < -0.3 is 16.0 Å². The summed E-state index contributed by atoms with van der Waals surface area (Å²) >= 11 is 1.60. The summed E-state index contributed by atoms with van der Waals surface area (Å²) in [5, 5.41) is 3.86. The van der Waals surface area contributed by atoms with Gasteiger partial charge in [0.1, 0.15) is 0 Å². The lowest BCUT2D eigenvalue weighted by molar-refractivity contribution is -0.126. The van der Waals surface area contributed by atoms with E-state index in [1.807, 2.05) is 18.2 Å². The fourth-order valence-electron chi connectivity index (χ4n) is 2.30. The second-order valence-corrected chi connectivity index (χ2v) is 6.05. The number of aromatic nitrogens is 1. The van der Waals surface area contributed by atoms with Gasteiger partial charge in [-0.1, -0.05) is 6.07 Å². The highest BCUT2D eigenvalue weighted by Gasteiger charge is 2.26. The van der Waals surface area contributed by atoms with Crippen molar-refractivity contribution >= 4 is 23.7 Å². The maximum atomic E-state index is 12.1. The van der Waals surface area contributed by atoms with E-state index in [1.54, 1.807) is 18.0 Å². The van der Waals surface area contributed by atoms with Crippen molar-refractivity contribution < 1.29 is 9.59 Å². The molecule has 1 aromatic rings. The molecule has 6 nitrogen and oxygen atoms in total. The van der Waals surface area contributed by atoms with E-state index >= 15 is 0 Å². The SMILES string of the molecule is NC(=O)N1CCC[C@H](C(=O)NCCSc2ccccn2)C1. The van der Waals surface area contributed by atoms with E-state index < -0.39 is 6.03 Å². The first kappa shape index (κ1) is 15.6. The topological polar surface area (TPSA) is 88.3 Å². The lowest BCUT2D eigenvalue weighted by Gasteiger charge is -2.30. The van der Waals surface area contributed by atoms with Gasteiger partial charge in [-0.05, 0) is 25.0 Å². The number of piperidine rings is 1. The molecular formula is C14H20N4O2S. The van der Waals surface area contributed by atoms with E-state index in [9.17, 15) is 9.59 Å². The zero-order chi connectivity index (χ0) is 15.1. The molecule has 0 saturated carbocycles. The largest absolute Gasteiger partial charge is 0.355 e. The van der Waals surface area contributed by atoms with Crippen LogP contribution >= 0.6 is 11.8 Å². The second-order valence-electron chi connectivity index (χ2n) is 4.93. The van der Waals surface area contributed by atoms with Crippen molar-refractivity contribution in [1.82, 2.24) is 15.2 Å². The fourth-order valence-corrected chi connectivity index (χ4v) is 3.02. The van der Waals surface area contributed by atoms with Gasteiger partial charge in [-0.3, -0.25) is 4.79 Å². The summed E-state index contributed by atoms with van der Waals surface area (Å²) in [5.41, 5.74) is 5.26. The monoisotopic (exact) mass is 308 g/mol. The van der Waals surface area contributed by atoms with Gasteiger partial charge in [-0.15, -0.1) is 11.8 Å². The number of nitrogens with two attached hydrogens (primary N) is 1. The summed E-state index contributed by atoms with van der Waals surface area (Å²) in [7, 11) is 0. The summed E-state index contributed by atoms with van der Waals surface area (Å²) in [5.74, 6) is 0.628. The molecule has 3 amide bonds. The van der Waals surface area contributed by atoms with Crippen molar-refractivity contribution in [2.45, 2.75) is 17.9 Å². The molecular weight excluding hydrogens is 288 g/mol. The van der Waals surface area contributed by atoms with E-state index in [2.05, 4.69) is 10.3 Å². The Morgan fingerprint density at radius 3 is 3.05 bits per heavy atom. The molecule has 0 aromatic carbocycles. The Labute approximate surface area is 128 Å². The second kappa shape index (κ2) is 7.87. The number of carbonyl (C=O) groups excluding carboxylic acids is 2. The van der Waals surface area contributed by atoms with Crippen LogP contribution in [-0.2, 0) is 4.79 Å². The Balaban J connectivity index is 1.68. The Hall–Kier alpha value is -1.76. The van der Waals surface area contributed by atoms with Crippen molar-refractivity contribution in [2.75, 3.05) is 25.4 Å². The molecule has 1 aromatic heterocycles. The van der Waals surface area contributed by atoms with Crippen molar-refractivity contribution in [1.29, 1.82) is 0 Å². The summed E-state index contributed by atoms with van der Waals surface area (Å²) < 4.78 is 0. The van der Waals surface area contributed by atoms with Crippen molar-refractivity contribution in [3.8, 4) is 0 Å². The highest BCUT2D eigenvalue weighted by molar-refractivity contribution is 7.99. The number of nitrogens with one attached hydrogen (secondary N) is 1. The quantitative estimate of drug-likeness (QED) is 0.629. The molecule has 1 atom stereocenters. The van der Waals surface area contributed by atoms with Crippen molar-refractivity contribution in [2.24, 2.45) is 11.7 Å². The number of nitrogens with zero attached hydrogens (tertiary/aromatic N) is 2. The van der Waals surface area contributed by atoms with E-state index in [-0.39, 0.29) is 11.8 Å². The van der Waals surface area contributed by atoms with Gasteiger partial charge in [0, 0.05) is 31.6 Å². The molecule has 1 saturated heterocycles. The third-order valence-electron chi connectivity index (χ3n) is 3.39. The van der Waals surface area contributed by atoms with E-state index in [0.29, 0.717) is 19.6 Å². The summed E-state index contributed by atoms with van der Waals surface area (Å²) in [4.78, 5) is 29.0. The average molecular weight is 308 g/mol. The normalized spacial score (nSPS) is 18.3. The van der Waals surface area contributed by atoms with Crippen molar-refractivity contribution in [3.05, 3.63) is 24.4 Å². The van der Waals surface area contributed by atoms with Crippen molar-refractivity contribution in [3.63, 3.8) is 0 Å². The van der Waals surface area contributed by atoms with Gasteiger partial charge in [0.15, 0.2) is 0 Å². The van der Waals surface area contributed by atoms with Crippen LogP contribution in [0.15, 0.2) is 29.4 Å². The smallest absolute Gasteiger partial charge is 0.314 e. The maximum Gasteiger partial charge on any atom is 0.314 e. The third kappa shape index (κ3) is 4.93. The molecule has 2 heterocycles. The van der Waals surface area contributed by atoms with Gasteiger partial charge >= 0.3 is 6.03 Å². The van der Waals surface area contributed by atoms with Gasteiger partial charge in [0.2, 0.25) is 5.91 Å². The Kier molecular flexibility index (Phi) is 5.86. The molecule has 1 aliphatic heterocycles. The highest BCUT2D eigenvalue weighted by atomic mass is 32.2.